The Morgan fingerprint density at radius 1 is 0.933 bits per heavy atom. The minimum Gasteiger partial charge on any atom is -0.478 e. The van der Waals surface area contributed by atoms with E-state index < -0.39 is 34.7 Å². The van der Waals surface area contributed by atoms with Crippen LogP contribution in [0.5, 0.6) is 0 Å². The van der Waals surface area contributed by atoms with E-state index in [0.29, 0.717) is 10.9 Å². The van der Waals surface area contributed by atoms with Gasteiger partial charge in [-0.3, -0.25) is 4.79 Å². The Labute approximate surface area is 169 Å². The van der Waals surface area contributed by atoms with Gasteiger partial charge in [-0.2, -0.15) is 13.2 Å². The van der Waals surface area contributed by atoms with Crippen molar-refractivity contribution >= 4 is 28.2 Å². The number of carbonyl (C=O) groups excluding carboxylic acids is 1. The first-order valence-electron chi connectivity index (χ1n) is 9.10. The van der Waals surface area contributed by atoms with E-state index in [1.165, 1.54) is 18.2 Å². The summed E-state index contributed by atoms with van der Waals surface area (Å²) in [5.41, 5.74) is -1.48. The van der Waals surface area contributed by atoms with Crippen LogP contribution < -0.4 is 0 Å². The van der Waals surface area contributed by atoms with Gasteiger partial charge in [0.05, 0.1) is 16.6 Å². The molecular weight excluding hydrogens is 395 g/mol. The molecule has 4 rings (SSSR count). The van der Waals surface area contributed by atoms with Gasteiger partial charge in [-0.05, 0) is 43.0 Å². The summed E-state index contributed by atoms with van der Waals surface area (Å²) in [6.07, 6.45) is -4.99. The fraction of sp³-hybridized carbons (Fsp3) is 0.130. The van der Waals surface area contributed by atoms with Gasteiger partial charge in [-0.1, -0.05) is 42.0 Å². The lowest BCUT2D eigenvalue weighted by molar-refractivity contribution is -0.142. The molecule has 0 amide bonds. The molecule has 2 aromatic carbocycles. The first-order chi connectivity index (χ1) is 14.1. The highest BCUT2D eigenvalue weighted by Gasteiger charge is 2.43. The number of nitrogens with zero attached hydrogens (tertiary/aromatic N) is 1. The van der Waals surface area contributed by atoms with Gasteiger partial charge >= 0.3 is 12.1 Å². The van der Waals surface area contributed by atoms with E-state index in [1.807, 2.05) is 0 Å². The SMILES string of the molecule is Cc1cccc(C(=O)c2c(C(=O)O)c(C(F)(F)F)n3c2c(C)cc2ccccc23)c1. The molecule has 2 aromatic heterocycles. The molecule has 0 unspecified atom stereocenters. The lowest BCUT2D eigenvalue weighted by Crippen LogP contribution is -2.16. The molecular formula is C23H16F3NO3. The van der Waals surface area contributed by atoms with Crippen molar-refractivity contribution in [2.45, 2.75) is 20.0 Å². The van der Waals surface area contributed by atoms with Gasteiger partial charge in [0, 0.05) is 5.56 Å². The van der Waals surface area contributed by atoms with E-state index in [1.54, 1.807) is 50.2 Å². The van der Waals surface area contributed by atoms with Gasteiger partial charge in [-0.15, -0.1) is 0 Å². The summed E-state index contributed by atoms with van der Waals surface area (Å²) in [5, 5.41) is 10.3. The van der Waals surface area contributed by atoms with Crippen LogP contribution in [0.25, 0.3) is 16.4 Å². The van der Waals surface area contributed by atoms with Gasteiger partial charge in [0.15, 0.2) is 5.78 Å². The molecule has 0 aliphatic heterocycles. The topological polar surface area (TPSA) is 58.8 Å². The zero-order valence-electron chi connectivity index (χ0n) is 16.0. The molecule has 0 fully saturated rings. The smallest absolute Gasteiger partial charge is 0.432 e. The number of carboxylic acid groups (broad SMARTS) is 1. The number of hydrogen-bond acceptors (Lipinski definition) is 2. The van der Waals surface area contributed by atoms with E-state index >= 15 is 0 Å². The van der Waals surface area contributed by atoms with Gasteiger partial charge < -0.3 is 9.51 Å². The van der Waals surface area contributed by atoms with Crippen LogP contribution in [0, 0.1) is 13.8 Å². The van der Waals surface area contributed by atoms with Crippen molar-refractivity contribution in [3.8, 4) is 0 Å². The fourth-order valence-electron chi connectivity index (χ4n) is 3.93. The van der Waals surface area contributed by atoms with Gasteiger partial charge in [0.1, 0.15) is 11.3 Å². The number of alkyl halides is 3. The van der Waals surface area contributed by atoms with Crippen molar-refractivity contribution in [3.63, 3.8) is 0 Å². The summed E-state index contributed by atoms with van der Waals surface area (Å²) in [5.74, 6) is -2.56. The maximum absolute atomic E-state index is 14.1. The molecule has 0 aliphatic carbocycles. The molecule has 0 atom stereocenters. The highest BCUT2D eigenvalue weighted by Crippen LogP contribution is 2.40. The quantitative estimate of drug-likeness (QED) is 0.443. The average molecular weight is 411 g/mol. The summed E-state index contributed by atoms with van der Waals surface area (Å²) < 4.78 is 43.3. The van der Waals surface area contributed by atoms with Crippen LogP contribution in [0.4, 0.5) is 13.2 Å². The normalized spacial score (nSPS) is 11.9. The lowest BCUT2D eigenvalue weighted by Gasteiger charge is -2.12. The molecule has 0 spiro atoms. The molecule has 0 radical (unpaired) electrons. The van der Waals surface area contributed by atoms with E-state index in [2.05, 4.69) is 0 Å². The van der Waals surface area contributed by atoms with Crippen molar-refractivity contribution in [1.82, 2.24) is 4.40 Å². The van der Waals surface area contributed by atoms with Crippen LogP contribution in [0.1, 0.15) is 43.1 Å². The summed E-state index contributed by atoms with van der Waals surface area (Å²) in [7, 11) is 0. The zero-order valence-corrected chi connectivity index (χ0v) is 16.0. The molecule has 2 heterocycles. The second-order valence-electron chi connectivity index (χ2n) is 7.17. The molecule has 0 saturated heterocycles. The number of halogens is 3. The van der Waals surface area contributed by atoms with Crippen molar-refractivity contribution in [2.24, 2.45) is 0 Å². The molecule has 0 aliphatic rings. The number of ketones is 1. The number of aromatic carboxylic acids is 1. The van der Waals surface area contributed by atoms with E-state index in [0.717, 1.165) is 9.96 Å². The number of benzene rings is 2. The standard InChI is InChI=1S/C23H16F3NO3/c1-12-6-5-8-15(10-12)20(28)17-18(22(29)30)21(23(24,25)26)27-16-9-4-3-7-14(16)11-13(2)19(17)27/h3-11H,1-2H3,(H,29,30). The monoisotopic (exact) mass is 411 g/mol. The molecule has 7 heteroatoms. The Morgan fingerprint density at radius 2 is 1.63 bits per heavy atom. The first kappa shape index (κ1) is 19.7. The Kier molecular flexibility index (Phi) is 4.42. The fourth-order valence-corrected chi connectivity index (χ4v) is 3.93. The maximum atomic E-state index is 14.1. The second kappa shape index (κ2) is 6.73. The number of para-hydroxylation sites is 1. The van der Waals surface area contributed by atoms with Crippen LogP contribution >= 0.6 is 0 Å². The first-order valence-corrected chi connectivity index (χ1v) is 9.10. The third-order valence-corrected chi connectivity index (χ3v) is 5.08. The molecule has 30 heavy (non-hydrogen) atoms. The third kappa shape index (κ3) is 2.94. The van der Waals surface area contributed by atoms with Crippen molar-refractivity contribution < 1.29 is 27.9 Å². The number of rotatable bonds is 3. The highest BCUT2D eigenvalue weighted by atomic mass is 19.4. The lowest BCUT2D eigenvalue weighted by atomic mass is 9.97. The summed E-state index contributed by atoms with van der Waals surface area (Å²) in [4.78, 5) is 25.4. The largest absolute Gasteiger partial charge is 0.478 e. The predicted molar refractivity (Wildman–Crippen MR) is 106 cm³/mol. The van der Waals surface area contributed by atoms with Crippen molar-refractivity contribution in [3.05, 3.63) is 88.1 Å². The van der Waals surface area contributed by atoms with E-state index in [4.69, 9.17) is 0 Å². The number of aryl methyl sites for hydroxylation is 2. The van der Waals surface area contributed by atoms with E-state index in [-0.39, 0.29) is 16.6 Å². The molecule has 0 bridgehead atoms. The van der Waals surface area contributed by atoms with Gasteiger partial charge in [0.25, 0.3) is 0 Å². The number of carbonyl (C=O) groups is 2. The summed E-state index contributed by atoms with van der Waals surface area (Å²) >= 11 is 0. The molecule has 152 valence electrons. The van der Waals surface area contributed by atoms with Crippen molar-refractivity contribution in [2.75, 3.05) is 0 Å². The van der Waals surface area contributed by atoms with E-state index in [9.17, 15) is 27.9 Å². The van der Waals surface area contributed by atoms with Gasteiger partial charge in [-0.25, -0.2) is 4.79 Å². The number of pyridine rings is 1. The number of hydrogen-bond donors (Lipinski definition) is 1. The Hall–Kier alpha value is -3.61. The number of fused-ring (bicyclic) bond motifs is 3. The second-order valence-corrected chi connectivity index (χ2v) is 7.17. The predicted octanol–water partition coefficient (Wildman–Crippen LogP) is 5.66. The summed E-state index contributed by atoms with van der Waals surface area (Å²) in [6.45, 7) is 3.31. The highest BCUT2D eigenvalue weighted by molar-refractivity contribution is 6.20. The summed E-state index contributed by atoms with van der Waals surface area (Å²) in [6, 6.07) is 14.4. The van der Waals surface area contributed by atoms with Crippen LogP contribution in [-0.2, 0) is 6.18 Å². The Bertz CT molecular complexity index is 1350. The number of aromatic nitrogens is 1. The Morgan fingerprint density at radius 3 is 2.27 bits per heavy atom. The number of carboxylic acids is 1. The van der Waals surface area contributed by atoms with Crippen LogP contribution in [0.3, 0.4) is 0 Å². The minimum absolute atomic E-state index is 0.0510. The molecule has 4 nitrogen and oxygen atoms in total. The van der Waals surface area contributed by atoms with Crippen LogP contribution in [0.15, 0.2) is 54.6 Å². The molecule has 1 N–H and O–H groups in total. The Balaban J connectivity index is 2.26. The third-order valence-electron chi connectivity index (χ3n) is 5.08. The zero-order chi connectivity index (χ0) is 21.8. The van der Waals surface area contributed by atoms with Gasteiger partial charge in [0.2, 0.25) is 0 Å². The molecule has 4 aromatic rings. The minimum atomic E-state index is -4.99. The van der Waals surface area contributed by atoms with Crippen LogP contribution in [0.2, 0.25) is 0 Å². The van der Waals surface area contributed by atoms with Crippen molar-refractivity contribution in [1.29, 1.82) is 0 Å². The molecule has 0 saturated carbocycles. The average Bonchev–Trinajstić information content (AvgIpc) is 3.05. The van der Waals surface area contributed by atoms with Crippen LogP contribution in [-0.4, -0.2) is 21.3 Å². The maximum Gasteiger partial charge on any atom is 0.432 e.